The summed E-state index contributed by atoms with van der Waals surface area (Å²) in [5.41, 5.74) is 0. The Bertz CT molecular complexity index is 451. The first-order valence-electron chi connectivity index (χ1n) is 10.1. The molecule has 7 heteroatoms. The molecule has 0 aromatic carbocycles. The van der Waals surface area contributed by atoms with Gasteiger partial charge in [-0.2, -0.15) is 0 Å². The predicted molar refractivity (Wildman–Crippen MR) is 103 cm³/mol. The first kappa shape index (κ1) is 21.5. The van der Waals surface area contributed by atoms with Crippen LogP contribution in [0.1, 0.15) is 51.4 Å². The molecule has 3 saturated heterocycles. The van der Waals surface area contributed by atoms with Gasteiger partial charge < -0.3 is 20.3 Å². The second-order valence-electron chi connectivity index (χ2n) is 7.84. The highest BCUT2D eigenvalue weighted by molar-refractivity contribution is 5.85. The molecule has 2 atom stereocenters. The average molecular weight is 388 g/mol. The summed E-state index contributed by atoms with van der Waals surface area (Å²) >= 11 is 0. The van der Waals surface area contributed by atoms with Crippen LogP contribution in [-0.4, -0.2) is 62.1 Å². The summed E-state index contributed by atoms with van der Waals surface area (Å²) in [6, 6.07) is -0.0131. The van der Waals surface area contributed by atoms with Crippen LogP contribution in [0.5, 0.6) is 0 Å². The van der Waals surface area contributed by atoms with E-state index in [1.807, 2.05) is 4.90 Å². The Hall–Kier alpha value is -0.850. The Balaban J connectivity index is 0.00000243. The van der Waals surface area contributed by atoms with Crippen LogP contribution in [0.2, 0.25) is 0 Å². The lowest BCUT2D eigenvalue weighted by Crippen LogP contribution is -2.46. The zero-order chi connectivity index (χ0) is 17.5. The SMILES string of the molecule is Cl.O=C(NCC1CCCN(C(=O)CCC2CCOCC2)C1)C1CCCN1. The molecule has 3 heterocycles. The number of piperidine rings is 1. The van der Waals surface area contributed by atoms with Crippen LogP contribution in [0.3, 0.4) is 0 Å². The number of ether oxygens (including phenoxy) is 1. The zero-order valence-corrected chi connectivity index (χ0v) is 16.5. The number of hydrogen-bond donors (Lipinski definition) is 2. The van der Waals surface area contributed by atoms with Gasteiger partial charge in [0.15, 0.2) is 0 Å². The van der Waals surface area contributed by atoms with Crippen LogP contribution in [0.4, 0.5) is 0 Å². The number of amides is 2. The molecule has 0 aromatic rings. The van der Waals surface area contributed by atoms with E-state index in [2.05, 4.69) is 10.6 Å². The van der Waals surface area contributed by atoms with Gasteiger partial charge in [-0.25, -0.2) is 0 Å². The zero-order valence-electron chi connectivity index (χ0n) is 15.7. The van der Waals surface area contributed by atoms with Gasteiger partial charge in [0.25, 0.3) is 0 Å². The second kappa shape index (κ2) is 11.1. The van der Waals surface area contributed by atoms with Crippen molar-refractivity contribution in [2.24, 2.45) is 11.8 Å². The summed E-state index contributed by atoms with van der Waals surface area (Å²) in [7, 11) is 0. The van der Waals surface area contributed by atoms with Crippen LogP contribution in [-0.2, 0) is 14.3 Å². The fourth-order valence-electron chi connectivity index (χ4n) is 4.26. The number of carbonyl (C=O) groups is 2. The lowest BCUT2D eigenvalue weighted by molar-refractivity contribution is -0.133. The molecule has 3 aliphatic rings. The van der Waals surface area contributed by atoms with Gasteiger partial charge in [-0.1, -0.05) is 0 Å². The fraction of sp³-hybridized carbons (Fsp3) is 0.895. The van der Waals surface area contributed by atoms with Gasteiger partial charge in [-0.05, 0) is 63.3 Å². The van der Waals surface area contributed by atoms with E-state index in [4.69, 9.17) is 4.74 Å². The molecule has 0 bridgehead atoms. The molecule has 0 radical (unpaired) electrons. The number of carbonyl (C=O) groups excluding carboxylic acids is 2. The summed E-state index contributed by atoms with van der Waals surface area (Å²) in [6.07, 6.45) is 8.01. The van der Waals surface area contributed by atoms with Crippen LogP contribution in [0.15, 0.2) is 0 Å². The molecule has 3 rings (SSSR count). The topological polar surface area (TPSA) is 70.7 Å². The monoisotopic (exact) mass is 387 g/mol. The minimum Gasteiger partial charge on any atom is -0.381 e. The number of halogens is 1. The number of nitrogens with zero attached hydrogens (tertiary/aromatic N) is 1. The highest BCUT2D eigenvalue weighted by Gasteiger charge is 2.26. The maximum atomic E-state index is 12.5. The maximum absolute atomic E-state index is 12.5. The lowest BCUT2D eigenvalue weighted by atomic mass is 9.93. The normalized spacial score (nSPS) is 27.0. The molecular weight excluding hydrogens is 354 g/mol. The van der Waals surface area contributed by atoms with Gasteiger partial charge in [-0.3, -0.25) is 9.59 Å². The van der Waals surface area contributed by atoms with Gasteiger partial charge in [0, 0.05) is 39.3 Å². The molecule has 26 heavy (non-hydrogen) atoms. The van der Waals surface area contributed by atoms with Crippen molar-refractivity contribution in [3.05, 3.63) is 0 Å². The minimum absolute atomic E-state index is 0. The quantitative estimate of drug-likeness (QED) is 0.728. The number of nitrogens with one attached hydrogen (secondary N) is 2. The van der Waals surface area contributed by atoms with Gasteiger partial charge in [-0.15, -0.1) is 12.4 Å². The molecule has 2 unspecified atom stereocenters. The molecule has 6 nitrogen and oxygen atoms in total. The van der Waals surface area contributed by atoms with Crippen LogP contribution < -0.4 is 10.6 Å². The first-order chi connectivity index (χ1) is 12.2. The molecule has 0 aromatic heterocycles. The predicted octanol–water partition coefficient (Wildman–Crippen LogP) is 1.72. The van der Waals surface area contributed by atoms with E-state index in [0.717, 1.165) is 77.8 Å². The summed E-state index contributed by atoms with van der Waals surface area (Å²) in [5.74, 6) is 1.46. The Labute approximate surface area is 163 Å². The molecule has 2 amide bonds. The summed E-state index contributed by atoms with van der Waals surface area (Å²) in [4.78, 5) is 26.7. The van der Waals surface area contributed by atoms with Gasteiger partial charge in [0.05, 0.1) is 6.04 Å². The summed E-state index contributed by atoms with van der Waals surface area (Å²) < 4.78 is 5.39. The van der Waals surface area contributed by atoms with E-state index in [1.54, 1.807) is 0 Å². The van der Waals surface area contributed by atoms with E-state index < -0.39 is 0 Å². The Kier molecular flexibility index (Phi) is 9.16. The van der Waals surface area contributed by atoms with Crippen LogP contribution >= 0.6 is 12.4 Å². The smallest absolute Gasteiger partial charge is 0.237 e. The van der Waals surface area contributed by atoms with Crippen molar-refractivity contribution in [3.8, 4) is 0 Å². The van der Waals surface area contributed by atoms with Crippen LogP contribution in [0, 0.1) is 11.8 Å². The molecular formula is C19H34ClN3O3. The third kappa shape index (κ3) is 6.39. The van der Waals surface area contributed by atoms with Crippen molar-refractivity contribution in [2.75, 3.05) is 39.4 Å². The fourth-order valence-corrected chi connectivity index (χ4v) is 4.26. The third-order valence-electron chi connectivity index (χ3n) is 5.92. The molecule has 0 aliphatic carbocycles. The molecule has 0 saturated carbocycles. The third-order valence-corrected chi connectivity index (χ3v) is 5.92. The summed E-state index contributed by atoms with van der Waals surface area (Å²) in [6.45, 7) is 5.00. The average Bonchev–Trinajstić information content (AvgIpc) is 3.20. The highest BCUT2D eigenvalue weighted by atomic mass is 35.5. The Morgan fingerprint density at radius 3 is 2.62 bits per heavy atom. The van der Waals surface area contributed by atoms with Gasteiger partial charge in [0.1, 0.15) is 0 Å². The first-order valence-corrected chi connectivity index (χ1v) is 10.1. The van der Waals surface area contributed by atoms with Crippen molar-refractivity contribution in [2.45, 2.75) is 57.4 Å². The molecule has 2 N–H and O–H groups in total. The number of likely N-dealkylation sites (tertiary alicyclic amines) is 1. The molecule has 3 fully saturated rings. The van der Waals surface area contributed by atoms with E-state index in [9.17, 15) is 9.59 Å². The second-order valence-corrected chi connectivity index (χ2v) is 7.84. The van der Waals surface area contributed by atoms with E-state index >= 15 is 0 Å². The maximum Gasteiger partial charge on any atom is 0.237 e. The molecule has 150 valence electrons. The van der Waals surface area contributed by atoms with E-state index in [-0.39, 0.29) is 24.4 Å². The van der Waals surface area contributed by atoms with Crippen LogP contribution in [0.25, 0.3) is 0 Å². The molecule has 0 spiro atoms. The van der Waals surface area contributed by atoms with E-state index in [1.165, 1.54) is 0 Å². The van der Waals surface area contributed by atoms with E-state index in [0.29, 0.717) is 30.7 Å². The largest absolute Gasteiger partial charge is 0.381 e. The Morgan fingerprint density at radius 2 is 1.88 bits per heavy atom. The lowest BCUT2D eigenvalue weighted by Gasteiger charge is -2.33. The van der Waals surface area contributed by atoms with Crippen molar-refractivity contribution in [3.63, 3.8) is 0 Å². The minimum atomic E-state index is -0.0131. The number of hydrogen-bond acceptors (Lipinski definition) is 4. The standard InChI is InChI=1S/C19H33N3O3.ClH/c23-18(6-5-15-7-11-25-12-8-15)22-10-2-3-16(14-22)13-21-19(24)17-4-1-9-20-17;/h15-17,20H,1-14H2,(H,21,24);1H. The van der Waals surface area contributed by atoms with Crippen molar-refractivity contribution in [1.82, 2.24) is 15.5 Å². The van der Waals surface area contributed by atoms with Crippen molar-refractivity contribution >= 4 is 24.2 Å². The Morgan fingerprint density at radius 1 is 1.08 bits per heavy atom. The molecule has 3 aliphatic heterocycles. The summed E-state index contributed by atoms with van der Waals surface area (Å²) in [5, 5.41) is 6.32. The van der Waals surface area contributed by atoms with Crippen molar-refractivity contribution < 1.29 is 14.3 Å². The highest BCUT2D eigenvalue weighted by Crippen LogP contribution is 2.22. The number of rotatable bonds is 6. The van der Waals surface area contributed by atoms with Gasteiger partial charge >= 0.3 is 0 Å². The van der Waals surface area contributed by atoms with Crippen molar-refractivity contribution in [1.29, 1.82) is 0 Å². The van der Waals surface area contributed by atoms with Gasteiger partial charge in [0.2, 0.25) is 11.8 Å².